The van der Waals surface area contributed by atoms with E-state index < -0.39 is 0 Å². The Hall–Kier alpha value is -1.22. The lowest BCUT2D eigenvalue weighted by Crippen LogP contribution is -1.85. The molecule has 62 valence electrons. The van der Waals surface area contributed by atoms with Gasteiger partial charge in [0.15, 0.2) is 0 Å². The topological polar surface area (TPSA) is 0 Å². The largest absolute Gasteiger partial charge is 0.120 e. The monoisotopic (exact) mass is 158 g/mol. The quantitative estimate of drug-likeness (QED) is 0.593. The molecule has 0 atom stereocenters. The summed E-state index contributed by atoms with van der Waals surface area (Å²) in [4.78, 5) is 0. The van der Waals surface area contributed by atoms with E-state index in [1.165, 1.54) is 11.1 Å². The van der Waals surface area contributed by atoms with Gasteiger partial charge in [-0.2, -0.15) is 0 Å². The van der Waals surface area contributed by atoms with E-state index in [-0.39, 0.29) is 0 Å². The molecule has 0 fully saturated rings. The predicted molar refractivity (Wildman–Crippen MR) is 53.0 cm³/mol. The molecule has 0 aliphatic heterocycles. The fourth-order valence-corrected chi connectivity index (χ4v) is 1.16. The molecule has 0 radical (unpaired) electrons. The molecule has 12 heavy (non-hydrogen) atoms. The molecule has 0 amide bonds. The second-order valence-electron chi connectivity index (χ2n) is 2.87. The van der Waals surface area contributed by atoms with Gasteiger partial charge in [0.2, 0.25) is 0 Å². The maximum Gasteiger partial charge on any atom is 0.0127 e. The Morgan fingerprint density at radius 1 is 1.17 bits per heavy atom. The summed E-state index contributed by atoms with van der Waals surface area (Å²) in [5, 5.41) is 0. The maximum absolute atomic E-state index is 5.18. The van der Waals surface area contributed by atoms with Gasteiger partial charge in [0.25, 0.3) is 0 Å². The van der Waals surface area contributed by atoms with Crippen molar-refractivity contribution in [1.29, 1.82) is 0 Å². The van der Waals surface area contributed by atoms with Crippen LogP contribution in [0.5, 0.6) is 0 Å². The fourth-order valence-electron chi connectivity index (χ4n) is 1.16. The summed E-state index contributed by atoms with van der Waals surface area (Å²) in [5.41, 5.74) is 2.73. The molecule has 1 rings (SSSR count). The van der Waals surface area contributed by atoms with Crippen molar-refractivity contribution in [2.75, 3.05) is 0 Å². The van der Waals surface area contributed by atoms with Crippen LogP contribution in [0.4, 0.5) is 0 Å². The highest BCUT2D eigenvalue weighted by Crippen LogP contribution is 2.06. The average Bonchev–Trinajstić information content (AvgIpc) is 2.15. The molecule has 0 saturated carbocycles. The number of benzene rings is 1. The highest BCUT2D eigenvalue weighted by atomic mass is 14.0. The minimum absolute atomic E-state index is 0.839. The molecule has 0 heteroatoms. The van der Waals surface area contributed by atoms with E-state index in [1.54, 1.807) is 0 Å². The van der Waals surface area contributed by atoms with Crippen LogP contribution in [0.1, 0.15) is 24.5 Å². The molecule has 0 aliphatic carbocycles. The lowest BCUT2D eigenvalue weighted by atomic mass is 10.1. The summed E-state index contributed by atoms with van der Waals surface area (Å²) in [7, 11) is 0. The highest BCUT2D eigenvalue weighted by Gasteiger charge is 1.91. The van der Waals surface area contributed by atoms with Crippen molar-refractivity contribution in [3.63, 3.8) is 0 Å². The molecule has 1 aromatic rings. The Kier molecular flexibility index (Phi) is 3.41. The van der Waals surface area contributed by atoms with E-state index in [0.29, 0.717) is 0 Å². The molecule has 0 aromatic heterocycles. The number of terminal acetylenes is 1. The van der Waals surface area contributed by atoms with Crippen LogP contribution in [0.3, 0.4) is 0 Å². The summed E-state index contributed by atoms with van der Waals surface area (Å²) >= 11 is 0. The normalized spacial score (nSPS) is 9.33. The first-order chi connectivity index (χ1) is 5.86. The van der Waals surface area contributed by atoms with Gasteiger partial charge in [-0.05, 0) is 24.0 Å². The standard InChI is InChI=1S/C12H14/c1-3-5-6-12-9-7-11(4-2)8-10-12/h1,7-10H,4-6H2,2H3. The van der Waals surface area contributed by atoms with Gasteiger partial charge in [-0.15, -0.1) is 12.3 Å². The van der Waals surface area contributed by atoms with E-state index in [9.17, 15) is 0 Å². The molecule has 0 heterocycles. The Balaban J connectivity index is 2.60. The first-order valence-corrected chi connectivity index (χ1v) is 4.38. The first-order valence-electron chi connectivity index (χ1n) is 4.38. The molecule has 0 N–H and O–H groups in total. The minimum atomic E-state index is 0.839. The van der Waals surface area contributed by atoms with E-state index in [4.69, 9.17) is 6.42 Å². The SMILES string of the molecule is C#CCCc1ccc(CC)cc1. The lowest BCUT2D eigenvalue weighted by Gasteiger charge is -1.99. The van der Waals surface area contributed by atoms with Crippen LogP contribution < -0.4 is 0 Å². The van der Waals surface area contributed by atoms with Crippen molar-refractivity contribution in [2.45, 2.75) is 26.2 Å². The minimum Gasteiger partial charge on any atom is -0.120 e. The third-order valence-corrected chi connectivity index (χ3v) is 1.99. The van der Waals surface area contributed by atoms with Crippen LogP contribution in [0.2, 0.25) is 0 Å². The maximum atomic E-state index is 5.18. The molecule has 0 bridgehead atoms. The van der Waals surface area contributed by atoms with Crippen LogP contribution in [0.25, 0.3) is 0 Å². The Morgan fingerprint density at radius 3 is 2.25 bits per heavy atom. The van der Waals surface area contributed by atoms with Gasteiger partial charge in [0.1, 0.15) is 0 Å². The van der Waals surface area contributed by atoms with Crippen LogP contribution in [-0.2, 0) is 12.8 Å². The van der Waals surface area contributed by atoms with Crippen molar-refractivity contribution in [2.24, 2.45) is 0 Å². The molecule has 0 saturated heterocycles. The first kappa shape index (κ1) is 8.87. The van der Waals surface area contributed by atoms with Gasteiger partial charge in [-0.3, -0.25) is 0 Å². The lowest BCUT2D eigenvalue weighted by molar-refractivity contribution is 1.02. The summed E-state index contributed by atoms with van der Waals surface area (Å²) < 4.78 is 0. The van der Waals surface area contributed by atoms with Crippen molar-refractivity contribution in [3.8, 4) is 12.3 Å². The van der Waals surface area contributed by atoms with E-state index in [0.717, 1.165) is 19.3 Å². The van der Waals surface area contributed by atoms with E-state index in [1.807, 2.05) is 0 Å². The number of hydrogen-bond acceptors (Lipinski definition) is 0. The smallest absolute Gasteiger partial charge is 0.0127 e. The Morgan fingerprint density at radius 2 is 1.75 bits per heavy atom. The molecular weight excluding hydrogens is 144 g/mol. The predicted octanol–water partition coefficient (Wildman–Crippen LogP) is 2.81. The van der Waals surface area contributed by atoms with Gasteiger partial charge in [0, 0.05) is 6.42 Å². The fraction of sp³-hybridized carbons (Fsp3) is 0.333. The molecule has 0 unspecified atom stereocenters. The zero-order valence-corrected chi connectivity index (χ0v) is 7.51. The zero-order valence-electron chi connectivity index (χ0n) is 7.51. The van der Waals surface area contributed by atoms with Gasteiger partial charge in [-0.25, -0.2) is 0 Å². The summed E-state index contributed by atoms with van der Waals surface area (Å²) in [5.74, 6) is 2.64. The Bertz CT molecular complexity index is 261. The van der Waals surface area contributed by atoms with Crippen LogP contribution in [-0.4, -0.2) is 0 Å². The third kappa shape index (κ3) is 2.43. The number of hydrogen-bond donors (Lipinski definition) is 0. The highest BCUT2D eigenvalue weighted by molar-refractivity contribution is 5.22. The van der Waals surface area contributed by atoms with Gasteiger partial charge in [0.05, 0.1) is 0 Å². The number of rotatable bonds is 3. The number of aryl methyl sites for hydroxylation is 2. The van der Waals surface area contributed by atoms with Crippen molar-refractivity contribution < 1.29 is 0 Å². The second kappa shape index (κ2) is 4.62. The summed E-state index contributed by atoms with van der Waals surface area (Å²) in [6, 6.07) is 8.67. The molecule has 1 aromatic carbocycles. The molecular formula is C12H14. The van der Waals surface area contributed by atoms with Gasteiger partial charge >= 0.3 is 0 Å². The summed E-state index contributed by atoms with van der Waals surface area (Å²) in [6.07, 6.45) is 8.13. The zero-order chi connectivity index (χ0) is 8.81. The third-order valence-electron chi connectivity index (χ3n) is 1.99. The van der Waals surface area contributed by atoms with Crippen molar-refractivity contribution in [3.05, 3.63) is 35.4 Å². The van der Waals surface area contributed by atoms with Gasteiger partial charge < -0.3 is 0 Å². The van der Waals surface area contributed by atoms with Crippen LogP contribution in [0.15, 0.2) is 24.3 Å². The molecule has 0 nitrogen and oxygen atoms in total. The van der Waals surface area contributed by atoms with E-state index >= 15 is 0 Å². The summed E-state index contributed by atoms with van der Waals surface area (Å²) in [6.45, 7) is 2.16. The molecule has 0 spiro atoms. The van der Waals surface area contributed by atoms with Gasteiger partial charge in [-0.1, -0.05) is 31.2 Å². The van der Waals surface area contributed by atoms with Crippen molar-refractivity contribution in [1.82, 2.24) is 0 Å². The second-order valence-corrected chi connectivity index (χ2v) is 2.87. The average molecular weight is 158 g/mol. The van der Waals surface area contributed by atoms with E-state index in [2.05, 4.69) is 37.1 Å². The van der Waals surface area contributed by atoms with Crippen LogP contribution >= 0.6 is 0 Å². The molecule has 0 aliphatic rings. The van der Waals surface area contributed by atoms with Crippen LogP contribution in [0, 0.1) is 12.3 Å². The Labute approximate surface area is 74.6 Å². The van der Waals surface area contributed by atoms with Crippen molar-refractivity contribution >= 4 is 0 Å².